The zero-order chi connectivity index (χ0) is 13.9. The van der Waals surface area contributed by atoms with Gasteiger partial charge in [0.25, 0.3) is 0 Å². The van der Waals surface area contributed by atoms with Gasteiger partial charge in [0.2, 0.25) is 0 Å². The predicted molar refractivity (Wildman–Crippen MR) is 79.3 cm³/mol. The smallest absolute Gasteiger partial charge is 0.108 e. The number of aryl methyl sites for hydroxylation is 2. The maximum atomic E-state index is 4.48. The molecule has 0 amide bonds. The molecule has 3 rings (SSSR count). The number of hydrogen-bond acceptors (Lipinski definition) is 3. The van der Waals surface area contributed by atoms with Gasteiger partial charge >= 0.3 is 0 Å². The third-order valence-corrected chi connectivity index (χ3v) is 4.14. The largest absolute Gasteiger partial charge is 0.335 e. The summed E-state index contributed by atoms with van der Waals surface area (Å²) in [5.74, 6) is 1.95. The van der Waals surface area contributed by atoms with Crippen LogP contribution in [-0.4, -0.2) is 33.0 Å². The van der Waals surface area contributed by atoms with Crippen molar-refractivity contribution in [2.75, 3.05) is 13.6 Å². The lowest BCUT2D eigenvalue weighted by molar-refractivity contribution is 0.227. The molecular weight excluding hydrogens is 248 g/mol. The number of aromatic nitrogens is 3. The molecule has 0 aromatic carbocycles. The van der Waals surface area contributed by atoms with E-state index in [0.717, 1.165) is 26.1 Å². The van der Waals surface area contributed by atoms with Crippen molar-refractivity contribution in [2.24, 2.45) is 5.92 Å². The van der Waals surface area contributed by atoms with Crippen molar-refractivity contribution in [3.8, 4) is 0 Å². The van der Waals surface area contributed by atoms with Crippen LogP contribution in [0, 0.1) is 12.8 Å². The standard InChI is InChI=1S/C16H22N4/c1-13-4-3-7-17-15(13)12-19(2)10-14-5-6-16-18-8-9-20(16)11-14/h3-4,7-9,14H,5-6,10-12H2,1-2H3/t14-/m0/s1. The second-order valence-electron chi connectivity index (χ2n) is 5.86. The first-order valence-electron chi connectivity index (χ1n) is 7.31. The van der Waals surface area contributed by atoms with E-state index in [2.05, 4.69) is 45.7 Å². The molecule has 0 radical (unpaired) electrons. The second-order valence-corrected chi connectivity index (χ2v) is 5.86. The van der Waals surface area contributed by atoms with Gasteiger partial charge in [-0.05, 0) is 37.9 Å². The maximum Gasteiger partial charge on any atom is 0.108 e. The van der Waals surface area contributed by atoms with Gasteiger partial charge in [-0.25, -0.2) is 4.98 Å². The van der Waals surface area contributed by atoms with Gasteiger partial charge in [-0.1, -0.05) is 6.07 Å². The normalized spacial score (nSPS) is 18.2. The first kappa shape index (κ1) is 13.3. The minimum absolute atomic E-state index is 0.714. The van der Waals surface area contributed by atoms with E-state index >= 15 is 0 Å². The summed E-state index contributed by atoms with van der Waals surface area (Å²) in [6.07, 6.45) is 8.24. The molecule has 0 spiro atoms. The maximum absolute atomic E-state index is 4.48. The van der Waals surface area contributed by atoms with Crippen LogP contribution >= 0.6 is 0 Å². The van der Waals surface area contributed by atoms with Crippen LogP contribution in [-0.2, 0) is 19.5 Å². The number of imidazole rings is 1. The predicted octanol–water partition coefficient (Wildman–Crippen LogP) is 2.28. The monoisotopic (exact) mass is 270 g/mol. The molecule has 3 heterocycles. The van der Waals surface area contributed by atoms with E-state index in [0.29, 0.717) is 5.92 Å². The Morgan fingerprint density at radius 2 is 2.25 bits per heavy atom. The van der Waals surface area contributed by atoms with Gasteiger partial charge in [0.1, 0.15) is 5.82 Å². The van der Waals surface area contributed by atoms with Crippen LogP contribution in [0.1, 0.15) is 23.5 Å². The quantitative estimate of drug-likeness (QED) is 0.854. The van der Waals surface area contributed by atoms with Crippen LogP contribution in [0.3, 0.4) is 0 Å². The molecule has 106 valence electrons. The molecular formula is C16H22N4. The summed E-state index contributed by atoms with van der Waals surface area (Å²) in [6, 6.07) is 4.13. The average Bonchev–Trinajstić information content (AvgIpc) is 2.89. The molecule has 1 aliphatic rings. The Morgan fingerprint density at radius 3 is 3.10 bits per heavy atom. The molecule has 2 aromatic heterocycles. The van der Waals surface area contributed by atoms with Crippen LogP contribution in [0.2, 0.25) is 0 Å². The number of fused-ring (bicyclic) bond motifs is 1. The molecule has 4 heteroatoms. The highest BCUT2D eigenvalue weighted by molar-refractivity contribution is 5.17. The Bertz CT molecular complexity index is 575. The van der Waals surface area contributed by atoms with Crippen molar-refractivity contribution in [3.05, 3.63) is 47.8 Å². The Kier molecular flexibility index (Phi) is 3.83. The lowest BCUT2D eigenvalue weighted by atomic mass is 9.99. The Balaban J connectivity index is 1.58. The minimum atomic E-state index is 0.714. The fourth-order valence-corrected chi connectivity index (χ4v) is 3.03. The molecule has 0 unspecified atom stereocenters. The molecule has 0 saturated carbocycles. The molecule has 1 atom stereocenters. The first-order valence-corrected chi connectivity index (χ1v) is 7.31. The lowest BCUT2D eigenvalue weighted by Crippen LogP contribution is -2.31. The topological polar surface area (TPSA) is 34.0 Å². The van der Waals surface area contributed by atoms with Gasteiger partial charge in [0.05, 0.1) is 5.69 Å². The first-order chi connectivity index (χ1) is 9.72. The van der Waals surface area contributed by atoms with Crippen LogP contribution in [0.5, 0.6) is 0 Å². The number of rotatable bonds is 4. The van der Waals surface area contributed by atoms with Gasteiger partial charge < -0.3 is 9.47 Å². The number of pyridine rings is 1. The minimum Gasteiger partial charge on any atom is -0.335 e. The van der Waals surface area contributed by atoms with E-state index in [1.807, 2.05) is 18.5 Å². The van der Waals surface area contributed by atoms with Gasteiger partial charge in [-0.3, -0.25) is 4.98 Å². The highest BCUT2D eigenvalue weighted by Gasteiger charge is 2.20. The van der Waals surface area contributed by atoms with Crippen LogP contribution in [0.25, 0.3) is 0 Å². The fourth-order valence-electron chi connectivity index (χ4n) is 3.03. The molecule has 2 aromatic rings. The Morgan fingerprint density at radius 1 is 1.35 bits per heavy atom. The van der Waals surface area contributed by atoms with Crippen molar-refractivity contribution in [2.45, 2.75) is 32.9 Å². The van der Waals surface area contributed by atoms with E-state index in [1.54, 1.807) is 0 Å². The highest BCUT2D eigenvalue weighted by Crippen LogP contribution is 2.20. The van der Waals surface area contributed by atoms with E-state index < -0.39 is 0 Å². The highest BCUT2D eigenvalue weighted by atomic mass is 15.1. The Labute approximate surface area is 120 Å². The summed E-state index contributed by atoms with van der Waals surface area (Å²) in [5, 5.41) is 0. The van der Waals surface area contributed by atoms with Gasteiger partial charge in [-0.15, -0.1) is 0 Å². The number of hydrogen-bond donors (Lipinski definition) is 0. The van der Waals surface area contributed by atoms with Crippen molar-refractivity contribution in [1.82, 2.24) is 19.4 Å². The zero-order valence-corrected chi connectivity index (χ0v) is 12.3. The van der Waals surface area contributed by atoms with Crippen molar-refractivity contribution in [3.63, 3.8) is 0 Å². The summed E-state index contributed by atoms with van der Waals surface area (Å²) in [5.41, 5.74) is 2.47. The van der Waals surface area contributed by atoms with Crippen molar-refractivity contribution in [1.29, 1.82) is 0 Å². The van der Waals surface area contributed by atoms with Crippen LogP contribution < -0.4 is 0 Å². The SMILES string of the molecule is Cc1cccnc1CN(C)C[C@@H]1CCc2nccn2C1. The van der Waals surface area contributed by atoms with Gasteiger partial charge in [0.15, 0.2) is 0 Å². The van der Waals surface area contributed by atoms with Crippen molar-refractivity contribution >= 4 is 0 Å². The molecule has 4 nitrogen and oxygen atoms in total. The van der Waals surface area contributed by atoms with Crippen LogP contribution in [0.4, 0.5) is 0 Å². The lowest BCUT2D eigenvalue weighted by Gasteiger charge is -2.28. The van der Waals surface area contributed by atoms with Gasteiger partial charge in [0, 0.05) is 44.6 Å². The summed E-state index contributed by atoms with van der Waals surface area (Å²) >= 11 is 0. The Hall–Kier alpha value is -1.68. The third-order valence-electron chi connectivity index (χ3n) is 4.14. The van der Waals surface area contributed by atoms with Crippen molar-refractivity contribution < 1.29 is 0 Å². The zero-order valence-electron chi connectivity index (χ0n) is 12.3. The van der Waals surface area contributed by atoms with E-state index in [4.69, 9.17) is 0 Å². The molecule has 20 heavy (non-hydrogen) atoms. The molecule has 0 bridgehead atoms. The van der Waals surface area contributed by atoms with E-state index in [9.17, 15) is 0 Å². The average molecular weight is 270 g/mol. The summed E-state index contributed by atoms with van der Waals surface area (Å²) < 4.78 is 2.30. The molecule has 0 fully saturated rings. The summed E-state index contributed by atoms with van der Waals surface area (Å²) in [6.45, 7) is 5.28. The fraction of sp³-hybridized carbons (Fsp3) is 0.500. The van der Waals surface area contributed by atoms with Crippen LogP contribution in [0.15, 0.2) is 30.7 Å². The number of nitrogens with zero attached hydrogens (tertiary/aromatic N) is 4. The molecule has 0 saturated heterocycles. The third kappa shape index (κ3) is 2.90. The summed E-state index contributed by atoms with van der Waals surface area (Å²) in [7, 11) is 2.19. The van der Waals surface area contributed by atoms with E-state index in [1.165, 1.54) is 23.5 Å². The second kappa shape index (κ2) is 5.75. The molecule has 0 N–H and O–H groups in total. The molecule has 1 aliphatic heterocycles. The summed E-state index contributed by atoms with van der Waals surface area (Å²) in [4.78, 5) is 11.3. The van der Waals surface area contributed by atoms with Gasteiger partial charge in [-0.2, -0.15) is 0 Å². The molecule has 0 aliphatic carbocycles. The van der Waals surface area contributed by atoms with E-state index in [-0.39, 0.29) is 0 Å².